The number of hydrogen-bond acceptors (Lipinski definition) is 5. The minimum absolute atomic E-state index is 0.0100. The maximum atomic E-state index is 12.3. The zero-order chi connectivity index (χ0) is 21.6. The van der Waals surface area contributed by atoms with E-state index in [1.54, 1.807) is 24.3 Å². The Labute approximate surface area is 178 Å². The van der Waals surface area contributed by atoms with Gasteiger partial charge in [0.1, 0.15) is 5.75 Å². The van der Waals surface area contributed by atoms with Gasteiger partial charge >= 0.3 is 0 Å². The van der Waals surface area contributed by atoms with Crippen LogP contribution in [0.2, 0.25) is 0 Å². The third kappa shape index (κ3) is 6.02. The van der Waals surface area contributed by atoms with Crippen molar-refractivity contribution in [2.24, 2.45) is 0 Å². The Morgan fingerprint density at radius 3 is 2.34 bits per heavy atom. The van der Waals surface area contributed by atoms with Crippen molar-refractivity contribution in [2.75, 3.05) is 33.1 Å². The van der Waals surface area contributed by atoms with Crippen LogP contribution in [0.4, 0.5) is 5.69 Å². The first-order valence-electron chi connectivity index (χ1n) is 8.59. The number of methoxy groups -OCH3 is 1. The number of rotatable bonds is 8. The first-order chi connectivity index (χ1) is 13.6. The molecule has 2 N–H and O–H groups in total. The summed E-state index contributed by atoms with van der Waals surface area (Å²) in [4.78, 5) is 24.3. The van der Waals surface area contributed by atoms with Gasteiger partial charge in [-0.05, 0) is 42.5 Å². The van der Waals surface area contributed by atoms with Crippen molar-refractivity contribution in [3.05, 3.63) is 52.5 Å². The van der Waals surface area contributed by atoms with E-state index in [9.17, 15) is 18.0 Å². The molecule has 29 heavy (non-hydrogen) atoms. The van der Waals surface area contributed by atoms with Gasteiger partial charge < -0.3 is 15.4 Å². The fourth-order valence-corrected chi connectivity index (χ4v) is 3.55. The van der Waals surface area contributed by atoms with Crippen LogP contribution in [-0.4, -0.2) is 52.3 Å². The first kappa shape index (κ1) is 22.9. The van der Waals surface area contributed by atoms with E-state index in [0.717, 1.165) is 8.78 Å². The number of carbonyl (C=O) groups is 2. The quantitative estimate of drug-likeness (QED) is 0.599. The van der Waals surface area contributed by atoms with Gasteiger partial charge in [-0.25, -0.2) is 12.7 Å². The summed E-state index contributed by atoms with van der Waals surface area (Å²) in [6.45, 7) is 0.124. The third-order valence-corrected chi connectivity index (χ3v) is 6.31. The predicted molar refractivity (Wildman–Crippen MR) is 114 cm³/mol. The minimum atomic E-state index is -3.66. The summed E-state index contributed by atoms with van der Waals surface area (Å²) in [5.41, 5.74) is 0.719. The smallest absolute Gasteiger partial charge is 0.251 e. The maximum Gasteiger partial charge on any atom is 0.251 e. The minimum Gasteiger partial charge on any atom is -0.495 e. The van der Waals surface area contributed by atoms with E-state index in [1.165, 1.54) is 39.4 Å². The van der Waals surface area contributed by atoms with Crippen LogP contribution in [-0.2, 0) is 14.8 Å². The zero-order valence-corrected chi connectivity index (χ0v) is 18.6. The van der Waals surface area contributed by atoms with Crippen LogP contribution in [0, 0.1) is 0 Å². The molecule has 2 rings (SSSR count). The van der Waals surface area contributed by atoms with Crippen molar-refractivity contribution in [3.63, 3.8) is 0 Å². The lowest BCUT2D eigenvalue weighted by Crippen LogP contribution is -2.27. The zero-order valence-electron chi connectivity index (χ0n) is 16.2. The van der Waals surface area contributed by atoms with Gasteiger partial charge in [0.25, 0.3) is 5.91 Å². The molecule has 2 aromatic rings. The van der Waals surface area contributed by atoms with Crippen LogP contribution < -0.4 is 15.4 Å². The molecule has 8 nitrogen and oxygen atoms in total. The highest BCUT2D eigenvalue weighted by Gasteiger charge is 2.20. The van der Waals surface area contributed by atoms with Gasteiger partial charge in [0.05, 0.1) is 17.7 Å². The monoisotopic (exact) mass is 483 g/mol. The van der Waals surface area contributed by atoms with Crippen molar-refractivity contribution in [3.8, 4) is 5.75 Å². The Bertz CT molecular complexity index is 991. The van der Waals surface area contributed by atoms with Crippen molar-refractivity contribution in [1.82, 2.24) is 9.62 Å². The number of nitrogens with zero attached hydrogens (tertiary/aromatic N) is 1. The lowest BCUT2D eigenvalue weighted by Gasteiger charge is -2.15. The molecule has 0 aliphatic rings. The maximum absolute atomic E-state index is 12.3. The van der Waals surface area contributed by atoms with Gasteiger partial charge in [0, 0.05) is 37.1 Å². The number of amides is 2. The number of carbonyl (C=O) groups excluding carboxylic acids is 2. The molecular formula is C19H22BrN3O5S. The molecule has 0 spiro atoms. The molecule has 0 aliphatic carbocycles. The van der Waals surface area contributed by atoms with Crippen molar-refractivity contribution < 1.29 is 22.7 Å². The highest BCUT2D eigenvalue weighted by Crippen LogP contribution is 2.28. The summed E-state index contributed by atoms with van der Waals surface area (Å²) >= 11 is 3.30. The molecule has 0 saturated carbocycles. The topological polar surface area (TPSA) is 105 Å². The Hall–Kier alpha value is -2.43. The number of sulfonamides is 1. The van der Waals surface area contributed by atoms with Crippen LogP contribution in [0.3, 0.4) is 0 Å². The molecule has 0 bridgehead atoms. The van der Waals surface area contributed by atoms with Gasteiger partial charge in [-0.1, -0.05) is 15.9 Å². The van der Waals surface area contributed by atoms with E-state index in [2.05, 4.69) is 26.6 Å². The first-order valence-corrected chi connectivity index (χ1v) is 10.8. The lowest BCUT2D eigenvalue weighted by molar-refractivity contribution is -0.116. The molecule has 0 aliphatic heterocycles. The molecule has 0 aromatic heterocycles. The van der Waals surface area contributed by atoms with Gasteiger partial charge in [-0.2, -0.15) is 0 Å². The Kier molecular flexibility index (Phi) is 7.77. The Balaban J connectivity index is 2.00. The Morgan fingerprint density at radius 1 is 1.10 bits per heavy atom. The van der Waals surface area contributed by atoms with E-state index < -0.39 is 10.0 Å². The van der Waals surface area contributed by atoms with E-state index in [-0.39, 0.29) is 35.4 Å². The molecule has 0 saturated heterocycles. The summed E-state index contributed by atoms with van der Waals surface area (Å²) < 4.78 is 31.7. The van der Waals surface area contributed by atoms with E-state index in [0.29, 0.717) is 11.3 Å². The highest BCUT2D eigenvalue weighted by atomic mass is 79.9. The molecule has 0 atom stereocenters. The average Bonchev–Trinajstić information content (AvgIpc) is 2.68. The molecular weight excluding hydrogens is 462 g/mol. The van der Waals surface area contributed by atoms with E-state index in [4.69, 9.17) is 4.74 Å². The van der Waals surface area contributed by atoms with E-state index in [1.807, 2.05) is 0 Å². The lowest BCUT2D eigenvalue weighted by atomic mass is 10.2. The third-order valence-electron chi connectivity index (χ3n) is 3.97. The number of hydrogen-bond donors (Lipinski definition) is 2. The molecule has 0 heterocycles. The van der Waals surface area contributed by atoms with Crippen molar-refractivity contribution in [1.29, 1.82) is 0 Å². The number of benzene rings is 2. The predicted octanol–water partition coefficient (Wildman–Crippen LogP) is 2.47. The van der Waals surface area contributed by atoms with Gasteiger partial charge in [0.15, 0.2) is 0 Å². The largest absolute Gasteiger partial charge is 0.495 e. The number of halogens is 1. The van der Waals surface area contributed by atoms with Gasteiger partial charge in [-0.15, -0.1) is 0 Å². The van der Waals surface area contributed by atoms with Crippen molar-refractivity contribution >= 4 is 43.5 Å². The molecule has 0 unspecified atom stereocenters. The SMILES string of the molecule is COc1ccc(S(=O)(=O)N(C)C)cc1NC(=O)CCNC(=O)c1ccc(Br)cc1. The standard InChI is InChI=1S/C19H22BrN3O5S/c1-23(2)29(26,27)15-8-9-17(28-3)16(12-15)22-18(24)10-11-21-19(25)13-4-6-14(20)7-5-13/h4-9,12H,10-11H2,1-3H3,(H,21,25)(H,22,24). The summed E-state index contributed by atoms with van der Waals surface area (Å²) in [7, 11) is 0.609. The molecule has 2 amide bonds. The molecule has 0 radical (unpaired) electrons. The van der Waals surface area contributed by atoms with Crippen LogP contribution in [0.25, 0.3) is 0 Å². The molecule has 10 heteroatoms. The van der Waals surface area contributed by atoms with Crippen LogP contribution >= 0.6 is 15.9 Å². The van der Waals surface area contributed by atoms with Crippen LogP contribution in [0.1, 0.15) is 16.8 Å². The van der Waals surface area contributed by atoms with E-state index >= 15 is 0 Å². The summed E-state index contributed by atoms with van der Waals surface area (Å²) in [6.07, 6.45) is 0.0100. The fourth-order valence-electron chi connectivity index (χ4n) is 2.36. The normalized spacial score (nSPS) is 11.2. The second-order valence-electron chi connectivity index (χ2n) is 6.21. The molecule has 0 fully saturated rings. The second-order valence-corrected chi connectivity index (χ2v) is 9.28. The van der Waals surface area contributed by atoms with Gasteiger partial charge in [-0.3, -0.25) is 9.59 Å². The number of ether oxygens (including phenoxy) is 1. The number of nitrogens with one attached hydrogen (secondary N) is 2. The second kappa shape index (κ2) is 9.86. The highest BCUT2D eigenvalue weighted by molar-refractivity contribution is 9.10. The molecule has 156 valence electrons. The number of anilines is 1. The summed E-state index contributed by atoms with van der Waals surface area (Å²) in [5, 5.41) is 5.29. The Morgan fingerprint density at radius 2 is 1.76 bits per heavy atom. The average molecular weight is 484 g/mol. The van der Waals surface area contributed by atoms with Crippen LogP contribution in [0.5, 0.6) is 5.75 Å². The summed E-state index contributed by atoms with van der Waals surface area (Å²) in [5.74, 6) is -0.351. The molecule has 2 aromatic carbocycles. The summed E-state index contributed by atoms with van der Waals surface area (Å²) in [6, 6.07) is 11.1. The fraction of sp³-hybridized carbons (Fsp3) is 0.263. The van der Waals surface area contributed by atoms with Crippen molar-refractivity contribution in [2.45, 2.75) is 11.3 Å². The van der Waals surface area contributed by atoms with Gasteiger partial charge in [0.2, 0.25) is 15.9 Å². The van der Waals surface area contributed by atoms with Crippen LogP contribution in [0.15, 0.2) is 51.8 Å².